The molecule has 2 N–H and O–H groups in total. The summed E-state index contributed by atoms with van der Waals surface area (Å²) in [6.45, 7) is 13.7. The highest BCUT2D eigenvalue weighted by atomic mass is 32.2. The minimum Gasteiger partial charge on any atom is -0.492 e. The molecule has 0 radical (unpaired) electrons. The van der Waals surface area contributed by atoms with Gasteiger partial charge in [0.15, 0.2) is 5.75 Å². The van der Waals surface area contributed by atoms with Crippen molar-refractivity contribution in [1.82, 2.24) is 14.7 Å². The second-order valence-corrected chi connectivity index (χ2v) is 16.4. The van der Waals surface area contributed by atoms with E-state index in [1.54, 1.807) is 18.2 Å². The van der Waals surface area contributed by atoms with Crippen molar-refractivity contribution in [3.63, 3.8) is 0 Å². The van der Waals surface area contributed by atoms with Crippen molar-refractivity contribution in [2.45, 2.75) is 71.5 Å². The van der Waals surface area contributed by atoms with Gasteiger partial charge in [-0.2, -0.15) is 10.2 Å². The van der Waals surface area contributed by atoms with Crippen LogP contribution in [-0.2, 0) is 22.0 Å². The summed E-state index contributed by atoms with van der Waals surface area (Å²) in [5, 5.41) is 18.8. The average molecular weight is 713 g/mol. The Labute approximate surface area is 300 Å². The van der Waals surface area contributed by atoms with Crippen molar-refractivity contribution in [2.24, 2.45) is 10.3 Å². The number of methoxy groups -OCH3 is 1. The van der Waals surface area contributed by atoms with E-state index in [1.165, 1.54) is 12.7 Å². The number of carbonyl (C=O) groups is 1. The zero-order valence-corrected chi connectivity index (χ0v) is 31.3. The van der Waals surface area contributed by atoms with Crippen molar-refractivity contribution >= 4 is 33.0 Å². The Bertz CT molecular complexity index is 2030. The number of sulfonamides is 1. The summed E-state index contributed by atoms with van der Waals surface area (Å²) in [6.07, 6.45) is 5.10. The fraction of sp³-hybridized carbons (Fsp3) is 0.421. The molecule has 1 atom stereocenters. The Morgan fingerprint density at radius 1 is 1.00 bits per heavy atom. The molecule has 51 heavy (non-hydrogen) atoms. The van der Waals surface area contributed by atoms with Gasteiger partial charge >= 0.3 is 0 Å². The number of ether oxygens (including phenoxy) is 1. The second-order valence-electron chi connectivity index (χ2n) is 14.6. The number of aromatic nitrogens is 2. The third kappa shape index (κ3) is 8.26. The molecule has 4 aromatic rings. The fourth-order valence-electron chi connectivity index (χ4n) is 6.84. The van der Waals surface area contributed by atoms with Crippen molar-refractivity contribution in [3.8, 4) is 5.75 Å². The molecule has 13 heteroatoms. The zero-order chi connectivity index (χ0) is 36.5. The molecular weight excluding hydrogens is 665 g/mol. The predicted molar refractivity (Wildman–Crippen MR) is 201 cm³/mol. The molecule has 2 aliphatic rings. The van der Waals surface area contributed by atoms with Crippen LogP contribution in [0.25, 0.3) is 0 Å². The maximum Gasteiger partial charge on any atom is 0.255 e. The van der Waals surface area contributed by atoms with E-state index < -0.39 is 10.0 Å². The SMILES string of the molecule is COc1c(NC(=O)c2ccc(C)c(N3CC(c4cnn(C5CCN(Cc6ccccc6)CC5)c4C)N=N3)c2)cc(C(C)(C)C)cc1NS(C)(=O)=O. The molecule has 3 heterocycles. The van der Waals surface area contributed by atoms with Crippen LogP contribution in [0.1, 0.15) is 84.0 Å². The summed E-state index contributed by atoms with van der Waals surface area (Å²) in [7, 11) is -2.17. The number of rotatable bonds is 10. The average Bonchev–Trinajstić information content (AvgIpc) is 3.71. The van der Waals surface area contributed by atoms with Crippen molar-refractivity contribution in [1.29, 1.82) is 0 Å². The predicted octanol–water partition coefficient (Wildman–Crippen LogP) is 7.20. The molecule has 1 amide bonds. The van der Waals surface area contributed by atoms with Gasteiger partial charge in [0.1, 0.15) is 6.04 Å². The van der Waals surface area contributed by atoms with Crippen LogP contribution >= 0.6 is 0 Å². The maximum atomic E-state index is 13.7. The minimum absolute atomic E-state index is 0.182. The summed E-state index contributed by atoms with van der Waals surface area (Å²) >= 11 is 0. The first-order chi connectivity index (χ1) is 24.2. The molecule has 1 unspecified atom stereocenters. The Hall–Kier alpha value is -4.75. The van der Waals surface area contributed by atoms with Gasteiger partial charge < -0.3 is 10.1 Å². The van der Waals surface area contributed by atoms with Gasteiger partial charge in [-0.1, -0.05) is 62.4 Å². The van der Waals surface area contributed by atoms with E-state index in [1.807, 2.05) is 51.0 Å². The number of anilines is 3. The van der Waals surface area contributed by atoms with Gasteiger partial charge in [0.05, 0.1) is 49.2 Å². The van der Waals surface area contributed by atoms with E-state index in [0.717, 1.165) is 66.8 Å². The van der Waals surface area contributed by atoms with Gasteiger partial charge in [0, 0.05) is 36.5 Å². The molecule has 6 rings (SSSR count). The minimum atomic E-state index is -3.61. The third-order valence-electron chi connectivity index (χ3n) is 9.69. The molecule has 0 saturated carbocycles. The lowest BCUT2D eigenvalue weighted by atomic mass is 9.86. The van der Waals surface area contributed by atoms with Crippen LogP contribution in [0.5, 0.6) is 5.75 Å². The summed E-state index contributed by atoms with van der Waals surface area (Å²) in [4.78, 5) is 16.2. The highest BCUT2D eigenvalue weighted by Gasteiger charge is 2.30. The smallest absolute Gasteiger partial charge is 0.255 e. The number of benzene rings is 3. The van der Waals surface area contributed by atoms with Gasteiger partial charge in [-0.3, -0.25) is 19.1 Å². The quantitative estimate of drug-likeness (QED) is 0.178. The Kier molecular flexibility index (Phi) is 10.2. The lowest BCUT2D eigenvalue weighted by molar-refractivity contribution is 0.102. The van der Waals surface area contributed by atoms with Crippen molar-refractivity contribution in [2.75, 3.05) is 48.0 Å². The lowest BCUT2D eigenvalue weighted by Crippen LogP contribution is -2.34. The normalized spacial score (nSPS) is 17.2. The standard InChI is InChI=1S/C38H48N8O4S/c1-25-13-14-28(37(47)40-32-20-29(38(3,4)5)21-33(36(32)50-6)42-51(7,48)49)19-35(25)45-24-34(41-43-45)31-22-39-46(26(31)2)30-15-17-44(18-16-30)23-27-11-9-8-10-12-27/h8-14,19-22,30,34,42H,15-18,23-24H2,1-7H3,(H,40,47). The van der Waals surface area contributed by atoms with Crippen LogP contribution in [0, 0.1) is 13.8 Å². The molecule has 12 nitrogen and oxygen atoms in total. The Morgan fingerprint density at radius 2 is 1.71 bits per heavy atom. The van der Waals surface area contributed by atoms with Gasteiger partial charge in [0.2, 0.25) is 10.0 Å². The van der Waals surface area contributed by atoms with Gasteiger partial charge in [-0.15, -0.1) is 0 Å². The van der Waals surface area contributed by atoms with Crippen LogP contribution < -0.4 is 19.8 Å². The monoisotopic (exact) mass is 712 g/mol. The summed E-state index contributed by atoms with van der Waals surface area (Å²) < 4.78 is 34.6. The van der Waals surface area contributed by atoms with Gasteiger partial charge in [0.25, 0.3) is 5.91 Å². The first kappa shape index (κ1) is 36.1. The number of likely N-dealkylation sites (tertiary alicyclic amines) is 1. The highest BCUT2D eigenvalue weighted by Crippen LogP contribution is 2.40. The maximum absolute atomic E-state index is 13.7. The number of nitrogens with zero attached hydrogens (tertiary/aromatic N) is 6. The first-order valence-corrected chi connectivity index (χ1v) is 19.2. The highest BCUT2D eigenvalue weighted by molar-refractivity contribution is 7.92. The number of aryl methyl sites for hydroxylation is 1. The number of piperidine rings is 1. The lowest BCUT2D eigenvalue weighted by Gasteiger charge is -2.32. The van der Waals surface area contributed by atoms with Crippen LogP contribution in [-0.4, -0.2) is 62.0 Å². The molecule has 1 aromatic heterocycles. The van der Waals surface area contributed by atoms with E-state index in [2.05, 4.69) is 67.2 Å². The summed E-state index contributed by atoms with van der Waals surface area (Å²) in [5.41, 5.74) is 6.77. The third-order valence-corrected chi connectivity index (χ3v) is 10.3. The summed E-state index contributed by atoms with van der Waals surface area (Å²) in [5.74, 6) is -0.149. The van der Waals surface area contributed by atoms with Crippen LogP contribution in [0.15, 0.2) is 77.2 Å². The van der Waals surface area contributed by atoms with E-state index in [4.69, 9.17) is 9.84 Å². The summed E-state index contributed by atoms with van der Waals surface area (Å²) in [6, 6.07) is 19.8. The number of nitrogens with one attached hydrogen (secondary N) is 2. The molecule has 0 aliphatic carbocycles. The molecule has 0 bridgehead atoms. The number of carbonyl (C=O) groups excluding carboxylic acids is 1. The first-order valence-electron chi connectivity index (χ1n) is 17.3. The molecule has 2 aliphatic heterocycles. The number of hydrogen-bond donors (Lipinski definition) is 2. The molecule has 0 spiro atoms. The zero-order valence-electron chi connectivity index (χ0n) is 30.5. The number of hydrogen-bond acceptors (Lipinski definition) is 9. The largest absolute Gasteiger partial charge is 0.492 e. The Morgan fingerprint density at radius 3 is 2.37 bits per heavy atom. The Balaban J connectivity index is 1.15. The van der Waals surface area contributed by atoms with Crippen molar-refractivity contribution < 1.29 is 17.9 Å². The van der Waals surface area contributed by atoms with Crippen molar-refractivity contribution in [3.05, 3.63) is 100 Å². The van der Waals surface area contributed by atoms with E-state index in [-0.39, 0.29) is 28.8 Å². The second kappa shape index (κ2) is 14.5. The van der Waals surface area contributed by atoms with Crippen LogP contribution in [0.4, 0.5) is 17.1 Å². The van der Waals surface area contributed by atoms with Crippen LogP contribution in [0.2, 0.25) is 0 Å². The van der Waals surface area contributed by atoms with Gasteiger partial charge in [-0.05, 0) is 73.1 Å². The topological polar surface area (TPSA) is 134 Å². The van der Waals surface area contributed by atoms with Crippen LogP contribution in [0.3, 0.4) is 0 Å². The van der Waals surface area contributed by atoms with E-state index in [9.17, 15) is 13.2 Å². The van der Waals surface area contributed by atoms with E-state index in [0.29, 0.717) is 23.8 Å². The fourth-order valence-corrected chi connectivity index (χ4v) is 7.39. The molecule has 1 saturated heterocycles. The van der Waals surface area contributed by atoms with E-state index >= 15 is 0 Å². The van der Waals surface area contributed by atoms with Gasteiger partial charge in [-0.25, -0.2) is 13.4 Å². The molecule has 1 fully saturated rings. The molecule has 3 aromatic carbocycles. The molecular formula is C38H48N8O4S. The number of amides is 1. The molecule has 270 valence electrons.